The van der Waals surface area contributed by atoms with E-state index >= 15 is 0 Å². The molecule has 0 bridgehead atoms. The molecule has 5 nitrogen and oxygen atoms in total. The monoisotopic (exact) mass is 351 g/mol. The molecule has 0 spiro atoms. The van der Waals surface area contributed by atoms with Gasteiger partial charge in [-0.1, -0.05) is 0 Å². The molecule has 1 radical (unpaired) electrons. The summed E-state index contributed by atoms with van der Waals surface area (Å²) in [7, 11) is 2.28. The van der Waals surface area contributed by atoms with Crippen LogP contribution in [-0.2, 0) is 42.3 Å². The van der Waals surface area contributed by atoms with E-state index < -0.39 is 0 Å². The predicted octanol–water partition coefficient (Wildman–Crippen LogP) is -0.793. The summed E-state index contributed by atoms with van der Waals surface area (Å²) < 4.78 is 0. The number of likely N-dealkylation sites (tertiary alicyclic amines) is 1. The molecular formula is C6H14NO4Re-7. The van der Waals surface area contributed by atoms with Gasteiger partial charge in [-0.3, -0.25) is 0 Å². The first-order valence-electron chi connectivity index (χ1n) is 3.21. The van der Waals surface area contributed by atoms with Crippen LogP contribution in [0, 0.1) is 0 Å². The Morgan fingerprint density at radius 1 is 0.750 bits per heavy atom. The van der Waals surface area contributed by atoms with Crippen LogP contribution in [0.15, 0.2) is 0 Å². The summed E-state index contributed by atoms with van der Waals surface area (Å²) in [4.78, 5) is 1.71. The van der Waals surface area contributed by atoms with Gasteiger partial charge in [0.05, 0.1) is 20.1 Å². The molecule has 1 rings (SSSR count). The topological polar surface area (TPSA) is 118 Å². The molecule has 0 saturated carbocycles. The van der Waals surface area contributed by atoms with Crippen LogP contribution in [0.4, 0.5) is 0 Å². The van der Waals surface area contributed by atoms with E-state index in [9.17, 15) is 0 Å². The van der Waals surface area contributed by atoms with Gasteiger partial charge >= 0.3 is 0 Å². The van der Waals surface area contributed by atoms with Crippen molar-refractivity contribution < 1.29 is 47.2 Å². The molecule has 81 valence electrons. The second kappa shape index (κ2) is 17.5. The van der Waals surface area contributed by atoms with Crippen LogP contribution >= 0.6 is 0 Å². The normalized spacial score (nSPS) is 14.8. The Bertz CT molecular complexity index is 61.5. The summed E-state index contributed by atoms with van der Waals surface area (Å²) in [6.07, 6.45) is 4.37. The van der Waals surface area contributed by atoms with E-state index in [0.29, 0.717) is 0 Å². The van der Waals surface area contributed by atoms with Gasteiger partial charge in [-0.05, 0) is 19.3 Å². The summed E-state index contributed by atoms with van der Waals surface area (Å²) in [6, 6.07) is 0. The maximum absolute atomic E-state index is 2.28. The van der Waals surface area contributed by atoms with Gasteiger partial charge in [-0.15, -0.1) is 0 Å². The second-order valence-corrected chi connectivity index (χ2v) is 2.52. The molecule has 1 saturated heterocycles. The minimum absolute atomic E-state index is 0. The zero-order valence-corrected chi connectivity index (χ0v) is 9.76. The predicted molar refractivity (Wildman–Crippen MR) is 33.2 cm³/mol. The number of rotatable bonds is 0. The van der Waals surface area contributed by atoms with Crippen LogP contribution in [0.25, 0.3) is 0 Å². The van der Waals surface area contributed by atoms with Gasteiger partial charge in [0.15, 0.2) is 0 Å². The van der Waals surface area contributed by atoms with Gasteiger partial charge in [0, 0.05) is 20.4 Å². The Kier molecular flexibility index (Phi) is 42.9. The minimum Gasteiger partial charge on any atom is -2.00 e. The fraction of sp³-hybridized carbons (Fsp3) is 1.00. The molecule has 1 aliphatic heterocycles. The zero-order chi connectivity index (χ0) is 5.11. The Morgan fingerprint density at radius 2 is 1.08 bits per heavy atom. The largest absolute Gasteiger partial charge is 2.00 e. The minimum atomic E-state index is 0. The quantitative estimate of drug-likeness (QED) is 0.589. The summed E-state index contributed by atoms with van der Waals surface area (Å²) >= 11 is 0. The average Bonchev–Trinajstić information content (AvgIpc) is 1.69. The molecule has 1 aliphatic rings. The van der Waals surface area contributed by atoms with E-state index in [0.717, 1.165) is 0 Å². The molecule has 0 aromatic rings. The fourth-order valence-corrected chi connectivity index (χ4v) is 1.16. The van der Waals surface area contributed by atoms with Crippen LogP contribution in [0.2, 0.25) is 0 Å². The molecular weight excluding hydrogens is 336 g/mol. The molecule has 0 atom stereocenters. The van der Waals surface area contributed by atoms with Crippen molar-refractivity contribution in [1.29, 1.82) is 0 Å². The van der Waals surface area contributed by atoms with E-state index in [2.05, 4.69) is 7.05 Å². The Hall–Kier alpha value is 0.462. The van der Waals surface area contributed by atoms with Gasteiger partial charge in [0.25, 0.3) is 0 Å². The van der Waals surface area contributed by atoms with Crippen molar-refractivity contribution in [2.24, 2.45) is 0 Å². The standard InChI is InChI=1S/C6H13N.4O.Re/c1-7-5-3-2-4-6-7;;;;;/h2-6H2,1H3;;;;;/q;4*-2;/p+1. The van der Waals surface area contributed by atoms with Crippen LogP contribution < -0.4 is 4.90 Å². The summed E-state index contributed by atoms with van der Waals surface area (Å²) in [5.41, 5.74) is 0. The molecule has 1 fully saturated rings. The van der Waals surface area contributed by atoms with Crippen molar-refractivity contribution in [3.05, 3.63) is 0 Å². The maximum Gasteiger partial charge on any atom is 0.0768 e. The number of nitrogens with one attached hydrogen (secondary N) is 1. The van der Waals surface area contributed by atoms with Crippen molar-refractivity contribution in [1.82, 2.24) is 0 Å². The number of hydrogen-bond donors (Lipinski definition) is 1. The van der Waals surface area contributed by atoms with E-state index in [1.165, 1.54) is 32.4 Å². The molecule has 1 N–H and O–H groups in total. The number of piperidine rings is 1. The van der Waals surface area contributed by atoms with Crippen LogP contribution in [0.1, 0.15) is 19.3 Å². The fourth-order valence-electron chi connectivity index (χ4n) is 1.16. The molecule has 0 amide bonds. The van der Waals surface area contributed by atoms with Crippen LogP contribution in [-0.4, -0.2) is 20.1 Å². The molecule has 0 aliphatic carbocycles. The summed E-state index contributed by atoms with van der Waals surface area (Å²) in [5.74, 6) is 0. The van der Waals surface area contributed by atoms with Crippen molar-refractivity contribution in [2.75, 3.05) is 20.1 Å². The third-order valence-corrected chi connectivity index (χ3v) is 1.71. The average molecular weight is 350 g/mol. The summed E-state index contributed by atoms with van der Waals surface area (Å²) in [5, 5.41) is 0. The van der Waals surface area contributed by atoms with Crippen LogP contribution in [0.5, 0.6) is 0 Å². The van der Waals surface area contributed by atoms with Crippen molar-refractivity contribution >= 4 is 0 Å². The molecule has 6 heteroatoms. The Morgan fingerprint density at radius 3 is 1.25 bits per heavy atom. The first kappa shape index (κ1) is 29.4. The van der Waals surface area contributed by atoms with E-state index in [4.69, 9.17) is 0 Å². The van der Waals surface area contributed by atoms with E-state index in [-0.39, 0.29) is 42.3 Å². The SMILES string of the molecule is C[NH+]1CCCCC1.[O-2].[O-2].[O-2].[O-2].[Re]. The third-order valence-electron chi connectivity index (χ3n) is 1.71. The smallest absolute Gasteiger partial charge is 0.0768 e. The second-order valence-electron chi connectivity index (χ2n) is 2.52. The van der Waals surface area contributed by atoms with Crippen LogP contribution in [0.3, 0.4) is 0 Å². The first-order valence-corrected chi connectivity index (χ1v) is 3.21. The molecule has 0 aromatic heterocycles. The zero-order valence-electron chi connectivity index (χ0n) is 7.05. The molecule has 0 unspecified atom stereocenters. The first-order chi connectivity index (χ1) is 3.39. The van der Waals surface area contributed by atoms with E-state index in [1.807, 2.05) is 0 Å². The van der Waals surface area contributed by atoms with Gasteiger partial charge in [0.1, 0.15) is 0 Å². The summed E-state index contributed by atoms with van der Waals surface area (Å²) in [6.45, 7) is 2.81. The van der Waals surface area contributed by atoms with E-state index in [1.54, 1.807) is 4.90 Å². The Balaban J connectivity index is -0.0000000327. The third kappa shape index (κ3) is 13.1. The van der Waals surface area contributed by atoms with Gasteiger partial charge in [-0.25, -0.2) is 0 Å². The molecule has 1 heterocycles. The van der Waals surface area contributed by atoms with Gasteiger partial charge in [0.2, 0.25) is 0 Å². The van der Waals surface area contributed by atoms with Crippen molar-refractivity contribution in [2.45, 2.75) is 19.3 Å². The van der Waals surface area contributed by atoms with Gasteiger partial charge in [-0.2, -0.15) is 0 Å². The number of quaternary nitrogens is 1. The van der Waals surface area contributed by atoms with Gasteiger partial charge < -0.3 is 26.8 Å². The Labute approximate surface area is 87.0 Å². The number of hydrogen-bond acceptors (Lipinski definition) is 0. The molecule has 12 heavy (non-hydrogen) atoms. The van der Waals surface area contributed by atoms with Crippen molar-refractivity contribution in [3.8, 4) is 0 Å². The maximum atomic E-state index is 2.28. The van der Waals surface area contributed by atoms with Crippen molar-refractivity contribution in [3.63, 3.8) is 0 Å². The molecule has 0 aromatic carbocycles.